The molecule has 2 atom stereocenters. The Kier molecular flexibility index (Phi) is 7.32. The molecule has 148 valence electrons. The van der Waals surface area contributed by atoms with Crippen molar-refractivity contribution in [3.05, 3.63) is 20.7 Å². The smallest absolute Gasteiger partial charge is 0.392 e. The second-order valence-electron chi connectivity index (χ2n) is 5.46. The van der Waals surface area contributed by atoms with Crippen LogP contribution in [0.1, 0.15) is 13.8 Å². The average molecular weight is 531 g/mol. The number of rotatable bonds is 6. The Morgan fingerprint density at radius 3 is 2.38 bits per heavy atom. The van der Waals surface area contributed by atoms with Crippen LogP contribution in [0.2, 0.25) is 5.02 Å². The molecule has 26 heavy (non-hydrogen) atoms. The van der Waals surface area contributed by atoms with Crippen LogP contribution in [0.4, 0.5) is 18.9 Å². The van der Waals surface area contributed by atoms with Gasteiger partial charge in [-0.3, -0.25) is 4.79 Å². The number of carbonyl (C=O) groups excluding carboxylic acids is 1. The molecule has 1 aromatic rings. The van der Waals surface area contributed by atoms with Gasteiger partial charge in [0.05, 0.1) is 25.3 Å². The Hall–Kier alpha value is -0.670. The number of hydrogen-bond acceptors (Lipinski definition) is 5. The average Bonchev–Trinajstić information content (AvgIpc) is 2.48. The van der Waals surface area contributed by atoms with Gasteiger partial charge >= 0.3 is 6.18 Å². The molecular weight excluding hydrogens is 516 g/mol. The lowest BCUT2D eigenvalue weighted by Crippen LogP contribution is -2.52. The Bertz CT molecular complexity index is 800. The van der Waals surface area contributed by atoms with Crippen LogP contribution in [0.3, 0.4) is 0 Å². The van der Waals surface area contributed by atoms with Gasteiger partial charge in [0.2, 0.25) is 15.6 Å². The van der Waals surface area contributed by atoms with Gasteiger partial charge in [-0.1, -0.05) is 11.6 Å². The summed E-state index contributed by atoms with van der Waals surface area (Å²) in [7, 11) is -4.05. The van der Waals surface area contributed by atoms with Crippen molar-refractivity contribution in [2.24, 2.45) is 0 Å². The minimum Gasteiger partial charge on any atom is -0.392 e. The summed E-state index contributed by atoms with van der Waals surface area (Å²) >= 11 is 7.50. The highest BCUT2D eigenvalue weighted by atomic mass is 127. The number of aliphatic hydroxyl groups excluding tert-OH is 1. The number of sulfonamides is 1. The fourth-order valence-corrected chi connectivity index (χ4v) is 4.33. The fraction of sp³-hybridized carbons (Fsp3) is 0.462. The van der Waals surface area contributed by atoms with Crippen LogP contribution >= 0.6 is 34.2 Å². The van der Waals surface area contributed by atoms with Gasteiger partial charge in [0.15, 0.2) is 0 Å². The van der Waals surface area contributed by atoms with E-state index in [1.54, 1.807) is 22.6 Å². The summed E-state index contributed by atoms with van der Waals surface area (Å²) in [6, 6.07) is 2.02. The maximum absolute atomic E-state index is 12.7. The number of aliphatic hydroxyl groups is 2. The Balaban J connectivity index is 3.17. The highest BCUT2D eigenvalue weighted by Crippen LogP contribution is 2.35. The van der Waals surface area contributed by atoms with Crippen LogP contribution in [-0.4, -0.2) is 49.0 Å². The minimum atomic E-state index is -5.22. The summed E-state index contributed by atoms with van der Waals surface area (Å²) in [6.45, 7) is 1.38. The lowest BCUT2D eigenvalue weighted by atomic mass is 10.1. The third-order valence-corrected chi connectivity index (χ3v) is 6.81. The first-order valence-corrected chi connectivity index (χ1v) is 9.81. The maximum Gasteiger partial charge on any atom is 0.426 e. The second-order valence-corrected chi connectivity index (χ2v) is 8.66. The van der Waals surface area contributed by atoms with Crippen molar-refractivity contribution >= 4 is 55.8 Å². The van der Waals surface area contributed by atoms with Crippen molar-refractivity contribution in [2.45, 2.75) is 36.6 Å². The molecule has 0 saturated carbocycles. The molecule has 0 fully saturated rings. The monoisotopic (exact) mass is 530 g/mol. The Morgan fingerprint density at radius 2 is 1.92 bits per heavy atom. The summed E-state index contributed by atoms with van der Waals surface area (Å²) < 4.78 is 64.5. The SMILES string of the molecule is C[C@H](O)CNS(=O)(=O)c1ccc(NC(=O)[C@@](C)(O)C(F)(F)F)c(Cl)c1I. The molecule has 1 amide bonds. The Morgan fingerprint density at radius 1 is 1.38 bits per heavy atom. The van der Waals surface area contributed by atoms with E-state index < -0.39 is 33.8 Å². The Labute approximate surface area is 166 Å². The first-order valence-electron chi connectivity index (χ1n) is 6.87. The van der Waals surface area contributed by atoms with Gasteiger partial charge < -0.3 is 15.5 Å². The normalized spacial score (nSPS) is 16.0. The fourth-order valence-electron chi connectivity index (χ4n) is 1.52. The molecule has 0 unspecified atom stereocenters. The standard InChI is InChI=1S/C13H15ClF3IN2O5S/c1-6(21)5-19-26(24,25)8-4-3-7(9(14)10(8)18)20-11(22)12(2,23)13(15,16)17/h3-4,6,19,21,23H,5H2,1-2H3,(H,20,22)/t6-,12+/m0/s1. The number of benzene rings is 1. The van der Waals surface area contributed by atoms with Crippen LogP contribution < -0.4 is 10.0 Å². The van der Waals surface area contributed by atoms with E-state index in [2.05, 4.69) is 4.72 Å². The molecule has 0 aliphatic rings. The zero-order chi connectivity index (χ0) is 20.5. The van der Waals surface area contributed by atoms with Gasteiger partial charge in [0, 0.05) is 6.54 Å². The van der Waals surface area contributed by atoms with E-state index in [1.807, 2.05) is 5.32 Å². The third kappa shape index (κ3) is 5.19. The second kappa shape index (κ2) is 8.14. The number of carbonyl (C=O) groups is 1. The zero-order valence-corrected chi connectivity index (χ0v) is 17.1. The first kappa shape index (κ1) is 23.4. The van der Waals surface area contributed by atoms with E-state index in [4.69, 9.17) is 16.7 Å². The van der Waals surface area contributed by atoms with Gasteiger partial charge in [0.25, 0.3) is 5.91 Å². The molecule has 0 aliphatic carbocycles. The molecular formula is C13H15ClF3IN2O5S. The number of amides is 1. The van der Waals surface area contributed by atoms with E-state index in [0.29, 0.717) is 0 Å². The van der Waals surface area contributed by atoms with Crippen molar-refractivity contribution in [3.8, 4) is 0 Å². The maximum atomic E-state index is 12.7. The van der Waals surface area contributed by atoms with Crippen LogP contribution in [0.25, 0.3) is 0 Å². The predicted molar refractivity (Wildman–Crippen MR) is 96.3 cm³/mol. The number of nitrogens with one attached hydrogen (secondary N) is 2. The van der Waals surface area contributed by atoms with E-state index in [9.17, 15) is 31.5 Å². The van der Waals surface area contributed by atoms with Gasteiger partial charge in [0.1, 0.15) is 0 Å². The van der Waals surface area contributed by atoms with Crippen LogP contribution in [0.15, 0.2) is 17.0 Å². The molecule has 0 aliphatic heterocycles. The lowest BCUT2D eigenvalue weighted by molar-refractivity contribution is -0.242. The van der Waals surface area contributed by atoms with Crippen molar-refractivity contribution in [2.75, 3.05) is 11.9 Å². The van der Waals surface area contributed by atoms with Crippen LogP contribution in [-0.2, 0) is 14.8 Å². The van der Waals surface area contributed by atoms with E-state index in [-0.39, 0.29) is 32.6 Å². The van der Waals surface area contributed by atoms with Crippen LogP contribution in [0.5, 0.6) is 0 Å². The zero-order valence-electron chi connectivity index (χ0n) is 13.4. The van der Waals surface area contributed by atoms with Crippen molar-refractivity contribution < 1.29 is 36.6 Å². The number of hydrogen-bond donors (Lipinski definition) is 4. The highest BCUT2D eigenvalue weighted by molar-refractivity contribution is 14.1. The molecule has 0 radical (unpaired) electrons. The summed E-state index contributed by atoms with van der Waals surface area (Å²) in [5.74, 6) is -1.77. The first-order chi connectivity index (χ1) is 11.6. The van der Waals surface area contributed by atoms with Gasteiger partial charge in [-0.05, 0) is 48.6 Å². The van der Waals surface area contributed by atoms with Gasteiger partial charge in [-0.15, -0.1) is 0 Å². The van der Waals surface area contributed by atoms with Crippen LogP contribution in [0, 0.1) is 3.57 Å². The van der Waals surface area contributed by atoms with Crippen molar-refractivity contribution in [1.29, 1.82) is 0 Å². The minimum absolute atomic E-state index is 0.0631. The molecule has 0 spiro atoms. The summed E-state index contributed by atoms with van der Waals surface area (Å²) in [5, 5.41) is 20.0. The lowest BCUT2D eigenvalue weighted by Gasteiger charge is -2.25. The van der Waals surface area contributed by atoms with Gasteiger partial charge in [-0.2, -0.15) is 13.2 Å². The van der Waals surface area contributed by atoms with E-state index in [0.717, 1.165) is 12.1 Å². The van der Waals surface area contributed by atoms with E-state index >= 15 is 0 Å². The third-order valence-electron chi connectivity index (χ3n) is 3.15. The van der Waals surface area contributed by atoms with Crippen molar-refractivity contribution in [3.63, 3.8) is 0 Å². The largest absolute Gasteiger partial charge is 0.426 e. The predicted octanol–water partition coefficient (Wildman–Crippen LogP) is 1.86. The molecule has 1 aromatic carbocycles. The molecule has 0 aromatic heterocycles. The van der Waals surface area contributed by atoms with E-state index in [1.165, 1.54) is 6.92 Å². The summed E-state index contributed by atoms with van der Waals surface area (Å²) in [6.07, 6.45) is -6.16. The number of anilines is 1. The highest BCUT2D eigenvalue weighted by Gasteiger charge is 2.55. The summed E-state index contributed by atoms with van der Waals surface area (Å²) in [5.41, 5.74) is -3.97. The molecule has 7 nitrogen and oxygen atoms in total. The molecule has 4 N–H and O–H groups in total. The number of halogens is 5. The molecule has 0 heterocycles. The van der Waals surface area contributed by atoms with Gasteiger partial charge in [-0.25, -0.2) is 13.1 Å². The molecule has 1 rings (SSSR count). The topological polar surface area (TPSA) is 116 Å². The summed E-state index contributed by atoms with van der Waals surface area (Å²) in [4.78, 5) is 11.4. The molecule has 0 saturated heterocycles. The van der Waals surface area contributed by atoms with Crippen molar-refractivity contribution in [1.82, 2.24) is 4.72 Å². The number of alkyl halides is 3. The quantitative estimate of drug-likeness (QED) is 0.419. The molecule has 13 heteroatoms. The molecule has 0 bridgehead atoms.